The van der Waals surface area contributed by atoms with Crippen molar-refractivity contribution in [2.24, 2.45) is 0 Å². The Morgan fingerprint density at radius 3 is 2.72 bits per heavy atom. The van der Waals surface area contributed by atoms with E-state index in [2.05, 4.69) is 18.3 Å². The summed E-state index contributed by atoms with van der Waals surface area (Å²) >= 11 is 0. The molecule has 0 spiro atoms. The Morgan fingerprint density at radius 2 is 2.11 bits per heavy atom. The molecule has 0 bridgehead atoms. The van der Waals surface area contributed by atoms with Gasteiger partial charge < -0.3 is 5.32 Å². The molecule has 0 saturated heterocycles. The number of hydrogen-bond acceptors (Lipinski definition) is 1. The van der Waals surface area contributed by atoms with Crippen LogP contribution in [0.3, 0.4) is 0 Å². The zero-order valence-electron chi connectivity index (χ0n) is 11.1. The van der Waals surface area contributed by atoms with Gasteiger partial charge in [0.1, 0.15) is 5.82 Å². The van der Waals surface area contributed by atoms with Crippen LogP contribution in [0, 0.1) is 5.82 Å². The van der Waals surface area contributed by atoms with E-state index >= 15 is 0 Å². The Labute approximate surface area is 108 Å². The normalized spacial score (nSPS) is 14.1. The number of nitrogens with one attached hydrogen (secondary N) is 1. The number of benzene rings is 1. The molecule has 1 aliphatic rings. The van der Waals surface area contributed by atoms with E-state index in [0.717, 1.165) is 18.4 Å². The largest absolute Gasteiger partial charge is 0.385 e. The van der Waals surface area contributed by atoms with Crippen LogP contribution in [0.5, 0.6) is 0 Å². The van der Waals surface area contributed by atoms with Gasteiger partial charge in [0.05, 0.1) is 5.69 Å². The number of rotatable bonds is 5. The maximum absolute atomic E-state index is 13.8. The molecule has 2 heteroatoms. The lowest BCUT2D eigenvalue weighted by Gasteiger charge is -2.12. The van der Waals surface area contributed by atoms with Crippen molar-refractivity contribution in [1.29, 1.82) is 0 Å². The first-order valence-corrected chi connectivity index (χ1v) is 6.61. The maximum atomic E-state index is 13.8. The van der Waals surface area contributed by atoms with Crippen LogP contribution in [-0.4, -0.2) is 7.05 Å². The Balaban J connectivity index is 2.35. The van der Waals surface area contributed by atoms with E-state index in [1.165, 1.54) is 24.0 Å². The lowest BCUT2D eigenvalue weighted by atomic mass is 10.00. The fourth-order valence-corrected chi connectivity index (χ4v) is 2.09. The van der Waals surface area contributed by atoms with E-state index in [-0.39, 0.29) is 5.82 Å². The summed E-state index contributed by atoms with van der Waals surface area (Å²) in [7, 11) is 1.77. The lowest BCUT2D eigenvalue weighted by molar-refractivity contribution is 0.630. The molecule has 1 fully saturated rings. The van der Waals surface area contributed by atoms with Crippen LogP contribution >= 0.6 is 0 Å². The van der Waals surface area contributed by atoms with Crippen LogP contribution in [0.15, 0.2) is 29.9 Å². The molecule has 18 heavy (non-hydrogen) atoms. The summed E-state index contributed by atoms with van der Waals surface area (Å²) in [6.07, 6.45) is 10.7. The van der Waals surface area contributed by atoms with Gasteiger partial charge in [-0.15, -0.1) is 0 Å². The van der Waals surface area contributed by atoms with Crippen LogP contribution < -0.4 is 5.32 Å². The summed E-state index contributed by atoms with van der Waals surface area (Å²) in [5.74, 6) is -0.184. The summed E-state index contributed by atoms with van der Waals surface area (Å²) in [4.78, 5) is 0. The second kappa shape index (κ2) is 5.85. The van der Waals surface area contributed by atoms with Crippen molar-refractivity contribution in [3.05, 3.63) is 46.8 Å². The molecule has 2 rings (SSSR count). The van der Waals surface area contributed by atoms with E-state index in [0.29, 0.717) is 5.69 Å². The van der Waals surface area contributed by atoms with Crippen molar-refractivity contribution in [2.45, 2.75) is 32.6 Å². The maximum Gasteiger partial charge on any atom is 0.146 e. The summed E-state index contributed by atoms with van der Waals surface area (Å²) < 4.78 is 13.8. The Kier molecular flexibility index (Phi) is 4.19. The average molecular weight is 245 g/mol. The Morgan fingerprint density at radius 1 is 1.33 bits per heavy atom. The standard InChI is InChI=1S/C16H20FN/c1-3-5-13-10-11-15(17)16(18-2)14(13)7-4-6-12-8-9-12/h4,6-7,10-11,18H,3,5,8-9H2,1-2H3/b7-4-. The van der Waals surface area contributed by atoms with E-state index < -0.39 is 0 Å². The predicted molar refractivity (Wildman–Crippen MR) is 76.3 cm³/mol. The van der Waals surface area contributed by atoms with E-state index in [9.17, 15) is 4.39 Å². The summed E-state index contributed by atoms with van der Waals surface area (Å²) in [5, 5.41) is 2.97. The van der Waals surface area contributed by atoms with Crippen molar-refractivity contribution in [2.75, 3.05) is 12.4 Å². The molecule has 0 amide bonds. The van der Waals surface area contributed by atoms with Gasteiger partial charge in [0, 0.05) is 12.6 Å². The topological polar surface area (TPSA) is 12.0 Å². The van der Waals surface area contributed by atoms with Gasteiger partial charge in [-0.1, -0.05) is 43.2 Å². The van der Waals surface area contributed by atoms with Crippen LogP contribution in [0.25, 0.3) is 6.08 Å². The summed E-state index contributed by atoms with van der Waals surface area (Å²) in [6, 6.07) is 3.44. The molecule has 0 radical (unpaired) electrons. The molecule has 1 saturated carbocycles. The van der Waals surface area contributed by atoms with Gasteiger partial charge in [-0.2, -0.15) is 0 Å². The van der Waals surface area contributed by atoms with Crippen molar-refractivity contribution < 1.29 is 4.39 Å². The lowest BCUT2D eigenvalue weighted by Crippen LogP contribution is -2.00. The molecule has 1 N–H and O–H groups in total. The molecule has 0 atom stereocenters. The fourth-order valence-electron chi connectivity index (χ4n) is 2.09. The number of halogens is 1. The second-order valence-electron chi connectivity index (χ2n) is 4.68. The minimum atomic E-state index is -0.184. The van der Waals surface area contributed by atoms with E-state index in [1.54, 1.807) is 13.1 Å². The van der Waals surface area contributed by atoms with Gasteiger partial charge in [-0.25, -0.2) is 4.39 Å². The molecule has 0 unspecified atom stereocenters. The summed E-state index contributed by atoms with van der Waals surface area (Å²) in [5.41, 5.74) is 4.27. The number of hydrogen-bond donors (Lipinski definition) is 1. The fraction of sp³-hybridized carbons (Fsp3) is 0.375. The van der Waals surface area contributed by atoms with E-state index in [1.807, 2.05) is 18.2 Å². The van der Waals surface area contributed by atoms with Gasteiger partial charge in [-0.3, -0.25) is 0 Å². The zero-order chi connectivity index (χ0) is 13.0. The van der Waals surface area contributed by atoms with Crippen molar-refractivity contribution in [3.63, 3.8) is 0 Å². The highest BCUT2D eigenvalue weighted by Crippen LogP contribution is 2.29. The van der Waals surface area contributed by atoms with Crippen molar-refractivity contribution >= 4 is 11.8 Å². The third kappa shape index (κ3) is 3.00. The third-order valence-electron chi connectivity index (χ3n) is 3.19. The average Bonchev–Trinajstić information content (AvgIpc) is 3.17. The van der Waals surface area contributed by atoms with Crippen molar-refractivity contribution in [3.8, 4) is 0 Å². The summed E-state index contributed by atoms with van der Waals surface area (Å²) in [6.45, 7) is 2.14. The second-order valence-corrected chi connectivity index (χ2v) is 4.68. The monoisotopic (exact) mass is 245 g/mol. The molecular weight excluding hydrogens is 225 g/mol. The third-order valence-corrected chi connectivity index (χ3v) is 3.19. The minimum absolute atomic E-state index is 0.184. The quantitative estimate of drug-likeness (QED) is 0.802. The first kappa shape index (κ1) is 12.9. The van der Waals surface area contributed by atoms with E-state index in [4.69, 9.17) is 0 Å². The Hall–Kier alpha value is -1.57. The molecule has 0 heterocycles. The molecule has 1 aromatic rings. The molecule has 96 valence electrons. The van der Waals surface area contributed by atoms with Gasteiger partial charge in [-0.05, 0) is 30.9 Å². The van der Waals surface area contributed by atoms with Gasteiger partial charge in [0.15, 0.2) is 0 Å². The smallest absolute Gasteiger partial charge is 0.146 e. The highest BCUT2D eigenvalue weighted by atomic mass is 19.1. The van der Waals surface area contributed by atoms with Gasteiger partial charge in [0.2, 0.25) is 0 Å². The van der Waals surface area contributed by atoms with Gasteiger partial charge >= 0.3 is 0 Å². The molecule has 0 aliphatic heterocycles. The Bertz CT molecular complexity index is 480. The predicted octanol–water partition coefficient (Wildman–Crippen LogP) is 4.55. The first-order chi connectivity index (χ1) is 8.76. The van der Waals surface area contributed by atoms with Crippen LogP contribution in [-0.2, 0) is 6.42 Å². The molecular formula is C16H20FN. The highest BCUT2D eigenvalue weighted by molar-refractivity contribution is 5.71. The minimum Gasteiger partial charge on any atom is -0.385 e. The first-order valence-electron chi connectivity index (χ1n) is 6.61. The highest BCUT2D eigenvalue weighted by Gasteiger charge is 2.10. The number of aryl methyl sites for hydroxylation is 1. The SMILES string of the molecule is CCCc1ccc(F)c(NC)c1/C=C\C=C1CC1. The van der Waals surface area contributed by atoms with Gasteiger partial charge in [0.25, 0.3) is 0 Å². The molecule has 1 nitrogen and oxygen atoms in total. The van der Waals surface area contributed by atoms with Crippen molar-refractivity contribution in [1.82, 2.24) is 0 Å². The number of anilines is 1. The van der Waals surface area contributed by atoms with Crippen LogP contribution in [0.4, 0.5) is 10.1 Å². The molecule has 0 aromatic heterocycles. The van der Waals surface area contributed by atoms with Crippen LogP contribution in [0.1, 0.15) is 37.3 Å². The molecule has 1 aromatic carbocycles. The number of allylic oxidation sites excluding steroid dienone is 3. The van der Waals surface area contributed by atoms with Crippen LogP contribution in [0.2, 0.25) is 0 Å². The molecule has 1 aliphatic carbocycles. The zero-order valence-corrected chi connectivity index (χ0v) is 11.1.